The maximum absolute atomic E-state index is 6.28. The summed E-state index contributed by atoms with van der Waals surface area (Å²) in [5.74, 6) is 2.35. The van der Waals surface area contributed by atoms with Crippen molar-refractivity contribution in [2.24, 2.45) is 0 Å². The van der Waals surface area contributed by atoms with E-state index in [2.05, 4.69) is 51.4 Å². The molecule has 0 unspecified atom stereocenters. The van der Waals surface area contributed by atoms with Crippen LogP contribution in [0.15, 0.2) is 66.9 Å². The lowest BCUT2D eigenvalue weighted by atomic mass is 10.1. The number of rotatable bonds is 5. The van der Waals surface area contributed by atoms with E-state index in [4.69, 9.17) is 14.5 Å². The predicted molar refractivity (Wildman–Crippen MR) is 149 cm³/mol. The van der Waals surface area contributed by atoms with Crippen LogP contribution >= 0.6 is 0 Å². The highest BCUT2D eigenvalue weighted by molar-refractivity contribution is 5.64. The first kappa shape index (κ1) is 25.2. The molecule has 7 nitrogen and oxygen atoms in total. The summed E-state index contributed by atoms with van der Waals surface area (Å²) in [7, 11) is 2.13. The number of nitrogens with zero attached hydrogens (tertiary/aromatic N) is 4. The van der Waals surface area contributed by atoms with Crippen LogP contribution in [-0.4, -0.2) is 66.2 Å². The van der Waals surface area contributed by atoms with Crippen LogP contribution in [0.2, 0.25) is 0 Å². The Morgan fingerprint density at radius 2 is 1.97 bits per heavy atom. The monoisotopic (exact) mass is 499 g/mol. The molecule has 1 saturated heterocycles. The number of fused-ring (bicyclic) bond motifs is 7. The number of hydrogen-bond acceptors (Lipinski definition) is 7. The lowest BCUT2D eigenvalue weighted by molar-refractivity contribution is 0.258. The van der Waals surface area contributed by atoms with Crippen molar-refractivity contribution in [1.29, 1.82) is 0 Å². The molecule has 1 aromatic heterocycles. The van der Waals surface area contributed by atoms with Gasteiger partial charge in [0.25, 0.3) is 0 Å². The van der Waals surface area contributed by atoms with Gasteiger partial charge < -0.3 is 19.7 Å². The molecule has 37 heavy (non-hydrogen) atoms. The lowest BCUT2D eigenvalue weighted by Gasteiger charge is -2.20. The molecular weight excluding hydrogens is 462 g/mol. The van der Waals surface area contributed by atoms with Crippen LogP contribution in [0.1, 0.15) is 31.2 Å². The van der Waals surface area contributed by atoms with Crippen molar-refractivity contribution in [3.8, 4) is 22.8 Å². The van der Waals surface area contributed by atoms with Gasteiger partial charge in [0.15, 0.2) is 0 Å². The molecule has 3 heterocycles. The zero-order valence-electron chi connectivity index (χ0n) is 21.7. The van der Waals surface area contributed by atoms with Crippen LogP contribution in [-0.2, 0) is 6.54 Å². The Hall–Kier alpha value is -3.42. The van der Waals surface area contributed by atoms with Crippen molar-refractivity contribution < 1.29 is 9.47 Å². The van der Waals surface area contributed by atoms with Gasteiger partial charge in [0.2, 0.25) is 5.95 Å². The van der Waals surface area contributed by atoms with Gasteiger partial charge >= 0.3 is 0 Å². The van der Waals surface area contributed by atoms with Crippen LogP contribution in [0.5, 0.6) is 11.5 Å². The molecule has 1 fully saturated rings. The molecule has 0 aliphatic carbocycles. The first-order chi connectivity index (χ1) is 18.2. The second-order valence-electron chi connectivity index (χ2n) is 9.80. The molecule has 0 spiro atoms. The number of hydrogen-bond donors (Lipinski definition) is 1. The fraction of sp³-hybridized carbons (Fsp3) is 0.400. The van der Waals surface area contributed by atoms with E-state index < -0.39 is 0 Å². The van der Waals surface area contributed by atoms with Gasteiger partial charge in [0.1, 0.15) is 11.5 Å². The number of likely N-dealkylation sites (tertiary alicyclic amines) is 1. The summed E-state index contributed by atoms with van der Waals surface area (Å²) in [4.78, 5) is 14.0. The summed E-state index contributed by atoms with van der Waals surface area (Å²) < 4.78 is 12.3. The van der Waals surface area contributed by atoms with E-state index >= 15 is 0 Å². The second-order valence-corrected chi connectivity index (χ2v) is 9.80. The molecule has 0 atom stereocenters. The highest BCUT2D eigenvalue weighted by Crippen LogP contribution is 2.27. The first-order valence-corrected chi connectivity index (χ1v) is 13.4. The minimum atomic E-state index is 0.562. The van der Waals surface area contributed by atoms with Crippen molar-refractivity contribution in [3.63, 3.8) is 0 Å². The van der Waals surface area contributed by atoms with Crippen LogP contribution in [0.25, 0.3) is 11.3 Å². The molecule has 0 saturated carbocycles. The van der Waals surface area contributed by atoms with Gasteiger partial charge in [-0.3, -0.25) is 4.90 Å². The molecule has 0 amide bonds. The number of likely N-dealkylation sites (N-methyl/N-ethyl adjacent to an activating group) is 1. The van der Waals surface area contributed by atoms with E-state index in [1.54, 1.807) is 6.20 Å². The average molecular weight is 500 g/mol. The quantitative estimate of drug-likeness (QED) is 0.366. The molecular formula is C30H37N5O2. The molecule has 1 N–H and O–H groups in total. The third kappa shape index (κ3) is 7.31. The molecule has 194 valence electrons. The van der Waals surface area contributed by atoms with Gasteiger partial charge in [-0.2, -0.15) is 0 Å². The van der Waals surface area contributed by atoms with Crippen LogP contribution in [0.3, 0.4) is 0 Å². The van der Waals surface area contributed by atoms with E-state index in [9.17, 15) is 0 Å². The molecule has 2 aliphatic heterocycles. The molecule has 7 heteroatoms. The number of aromatic nitrogens is 2. The van der Waals surface area contributed by atoms with Gasteiger partial charge in [-0.05, 0) is 82.2 Å². The largest absolute Gasteiger partial charge is 0.493 e. The van der Waals surface area contributed by atoms with Crippen LogP contribution in [0, 0.1) is 0 Å². The summed E-state index contributed by atoms with van der Waals surface area (Å²) in [6, 6.07) is 16.2. The third-order valence-corrected chi connectivity index (χ3v) is 6.75. The molecule has 0 radical (unpaired) electrons. The van der Waals surface area contributed by atoms with Gasteiger partial charge in [-0.1, -0.05) is 24.3 Å². The zero-order chi connectivity index (χ0) is 25.3. The maximum atomic E-state index is 6.28. The fourth-order valence-electron chi connectivity index (χ4n) is 4.82. The minimum Gasteiger partial charge on any atom is -0.493 e. The summed E-state index contributed by atoms with van der Waals surface area (Å²) in [5.41, 5.74) is 3.94. The number of ether oxygens (including phenoxy) is 2. The Morgan fingerprint density at radius 1 is 1.05 bits per heavy atom. The Kier molecular flexibility index (Phi) is 8.66. The molecule has 6 bridgehead atoms. The van der Waals surface area contributed by atoms with Gasteiger partial charge in [-0.25, -0.2) is 9.97 Å². The predicted octanol–water partition coefficient (Wildman–Crippen LogP) is 5.52. The topological polar surface area (TPSA) is 62.8 Å². The van der Waals surface area contributed by atoms with Crippen molar-refractivity contribution >= 4 is 11.6 Å². The van der Waals surface area contributed by atoms with Crippen molar-refractivity contribution in [2.75, 3.05) is 51.8 Å². The van der Waals surface area contributed by atoms with Gasteiger partial charge in [-0.15, -0.1) is 0 Å². The van der Waals surface area contributed by atoms with Crippen LogP contribution < -0.4 is 14.8 Å². The van der Waals surface area contributed by atoms with E-state index in [1.165, 1.54) is 25.9 Å². The molecule has 5 rings (SSSR count). The third-order valence-electron chi connectivity index (χ3n) is 6.75. The van der Waals surface area contributed by atoms with E-state index in [-0.39, 0.29) is 0 Å². The van der Waals surface area contributed by atoms with Crippen molar-refractivity contribution in [3.05, 3.63) is 72.4 Å². The Labute approximate surface area is 220 Å². The van der Waals surface area contributed by atoms with E-state index in [1.807, 2.05) is 36.4 Å². The Bertz CT molecular complexity index is 1190. The lowest BCUT2D eigenvalue weighted by Crippen LogP contribution is -2.22. The number of nitrogens with one attached hydrogen (secondary N) is 1. The normalized spacial score (nSPS) is 16.9. The number of benzene rings is 2. The molecule has 2 aliphatic rings. The Morgan fingerprint density at radius 3 is 2.89 bits per heavy atom. The van der Waals surface area contributed by atoms with Gasteiger partial charge in [0, 0.05) is 42.6 Å². The highest BCUT2D eigenvalue weighted by atomic mass is 16.5. The Balaban J connectivity index is 1.36. The van der Waals surface area contributed by atoms with Crippen LogP contribution in [0.4, 0.5) is 11.6 Å². The molecule has 3 aromatic rings. The SMILES string of the molecule is CN1CC=CCCOc2cccc(c2)-c2ccnc(n2)Nc2ccc(OCCCN3CCCC3)c(c2)C1. The average Bonchev–Trinajstić information content (AvgIpc) is 3.43. The second kappa shape index (κ2) is 12.7. The summed E-state index contributed by atoms with van der Waals surface area (Å²) >= 11 is 0. The van der Waals surface area contributed by atoms with Crippen molar-refractivity contribution in [2.45, 2.75) is 32.2 Å². The summed E-state index contributed by atoms with van der Waals surface area (Å²) in [5, 5.41) is 3.39. The summed E-state index contributed by atoms with van der Waals surface area (Å²) in [6.45, 7) is 6.56. The minimum absolute atomic E-state index is 0.562. The van der Waals surface area contributed by atoms with E-state index in [0.29, 0.717) is 12.6 Å². The van der Waals surface area contributed by atoms with Gasteiger partial charge in [0.05, 0.1) is 18.9 Å². The highest BCUT2D eigenvalue weighted by Gasteiger charge is 2.13. The summed E-state index contributed by atoms with van der Waals surface area (Å²) in [6.07, 6.45) is 10.7. The van der Waals surface area contributed by atoms with Crippen molar-refractivity contribution in [1.82, 2.24) is 19.8 Å². The maximum Gasteiger partial charge on any atom is 0.227 e. The first-order valence-electron chi connectivity index (χ1n) is 13.4. The smallest absolute Gasteiger partial charge is 0.227 e. The van der Waals surface area contributed by atoms with E-state index in [0.717, 1.165) is 73.1 Å². The fourth-order valence-corrected chi connectivity index (χ4v) is 4.82. The standard InChI is InChI=1S/C30H37N5O2/c1-34-15-3-2-6-19-36-27-10-7-9-24(22-27)28-13-14-31-30(33-28)32-26-11-12-29(25(21-26)23-34)37-20-8-18-35-16-4-5-17-35/h2-3,7,9-14,21-22H,4-6,8,15-20,23H2,1H3,(H,31,32,33). The number of anilines is 2. The molecule has 2 aromatic carbocycles. The zero-order valence-corrected chi connectivity index (χ0v) is 21.7.